The van der Waals surface area contributed by atoms with E-state index >= 15 is 0 Å². The first-order valence-electron chi connectivity index (χ1n) is 9.82. The first-order valence-corrected chi connectivity index (χ1v) is 10.6. The van der Waals surface area contributed by atoms with Crippen molar-refractivity contribution in [3.63, 3.8) is 0 Å². The molecule has 0 spiro atoms. The lowest BCUT2D eigenvalue weighted by molar-refractivity contribution is -0.131. The van der Waals surface area contributed by atoms with E-state index < -0.39 is 0 Å². The molecular weight excluding hydrogens is 459 g/mol. The number of pyridine rings is 1. The summed E-state index contributed by atoms with van der Waals surface area (Å²) in [5, 5.41) is 1.12. The normalized spacial score (nSPS) is 11.0. The number of halogens is 2. The van der Waals surface area contributed by atoms with Crippen molar-refractivity contribution in [2.75, 3.05) is 6.54 Å². The van der Waals surface area contributed by atoms with Gasteiger partial charge in [-0.05, 0) is 42.5 Å². The van der Waals surface area contributed by atoms with E-state index in [4.69, 9.17) is 0 Å². The molecule has 0 radical (unpaired) electrons. The standard InChI is InChI=1S/C25H20BrFN2O2/c1-2-13-28(15-17-14-18(26)11-12-21(17)27)24(30)16-29-22-9-5-3-7-19(22)25(31)20-8-4-6-10-23(20)29/h2-12,14H,1,13,15-16H2. The van der Waals surface area contributed by atoms with Crippen LogP contribution in [0, 0.1) is 5.82 Å². The van der Waals surface area contributed by atoms with E-state index in [0.717, 1.165) is 4.47 Å². The quantitative estimate of drug-likeness (QED) is 0.279. The molecule has 4 aromatic rings. The molecular formula is C25H20BrFN2O2. The third kappa shape index (κ3) is 4.16. The van der Waals surface area contributed by atoms with Crippen molar-refractivity contribution in [3.05, 3.63) is 105 Å². The van der Waals surface area contributed by atoms with Crippen LogP contribution >= 0.6 is 15.9 Å². The van der Waals surface area contributed by atoms with Crippen molar-refractivity contribution in [1.82, 2.24) is 9.47 Å². The summed E-state index contributed by atoms with van der Waals surface area (Å²) in [6, 6.07) is 19.2. The first-order chi connectivity index (χ1) is 15.0. The predicted octanol–water partition coefficient (Wildman–Crippen LogP) is 5.27. The summed E-state index contributed by atoms with van der Waals surface area (Å²) in [5.41, 5.74) is 1.73. The Morgan fingerprint density at radius 2 is 1.65 bits per heavy atom. The van der Waals surface area contributed by atoms with Gasteiger partial charge in [0, 0.05) is 33.9 Å². The fourth-order valence-electron chi connectivity index (χ4n) is 3.76. The van der Waals surface area contributed by atoms with E-state index in [1.165, 1.54) is 6.07 Å². The van der Waals surface area contributed by atoms with E-state index in [0.29, 0.717) is 27.4 Å². The minimum Gasteiger partial charge on any atom is -0.333 e. The molecule has 31 heavy (non-hydrogen) atoms. The Morgan fingerprint density at radius 1 is 1.03 bits per heavy atom. The summed E-state index contributed by atoms with van der Waals surface area (Å²) in [4.78, 5) is 27.8. The average molecular weight is 479 g/mol. The molecule has 6 heteroatoms. The average Bonchev–Trinajstić information content (AvgIpc) is 2.78. The second kappa shape index (κ2) is 8.86. The van der Waals surface area contributed by atoms with Crippen LogP contribution in [0.1, 0.15) is 5.56 Å². The van der Waals surface area contributed by atoms with Crippen molar-refractivity contribution in [2.24, 2.45) is 0 Å². The lowest BCUT2D eigenvalue weighted by atomic mass is 10.1. The SMILES string of the molecule is C=CCN(Cc1cc(Br)ccc1F)C(=O)Cn1c2ccccc2c(=O)c2ccccc21. The van der Waals surface area contributed by atoms with Gasteiger partial charge in [-0.2, -0.15) is 0 Å². The van der Waals surface area contributed by atoms with Crippen LogP contribution in [0.25, 0.3) is 21.8 Å². The highest BCUT2D eigenvalue weighted by molar-refractivity contribution is 9.10. The summed E-state index contributed by atoms with van der Waals surface area (Å²) in [7, 11) is 0. The summed E-state index contributed by atoms with van der Waals surface area (Å²) in [6.07, 6.45) is 1.62. The zero-order valence-electron chi connectivity index (χ0n) is 16.7. The van der Waals surface area contributed by atoms with Gasteiger partial charge in [0.05, 0.1) is 11.0 Å². The first kappa shape index (κ1) is 21.0. The molecule has 1 aromatic heterocycles. The van der Waals surface area contributed by atoms with Gasteiger partial charge in [0.15, 0.2) is 5.43 Å². The van der Waals surface area contributed by atoms with Crippen LogP contribution < -0.4 is 5.43 Å². The van der Waals surface area contributed by atoms with Gasteiger partial charge in [0.1, 0.15) is 12.4 Å². The fourth-order valence-corrected chi connectivity index (χ4v) is 4.17. The maximum atomic E-state index is 14.3. The predicted molar refractivity (Wildman–Crippen MR) is 125 cm³/mol. The lowest BCUT2D eigenvalue weighted by Gasteiger charge is -2.24. The molecule has 4 rings (SSSR count). The maximum Gasteiger partial charge on any atom is 0.243 e. The van der Waals surface area contributed by atoms with Crippen LogP contribution in [0.15, 0.2) is 88.7 Å². The Kier molecular flexibility index (Phi) is 6.00. The van der Waals surface area contributed by atoms with Gasteiger partial charge < -0.3 is 9.47 Å². The second-order valence-electron chi connectivity index (χ2n) is 7.25. The van der Waals surface area contributed by atoms with Gasteiger partial charge in [0.25, 0.3) is 0 Å². The number of carbonyl (C=O) groups excluding carboxylic acids is 1. The van der Waals surface area contributed by atoms with Crippen LogP contribution in [0.5, 0.6) is 0 Å². The number of para-hydroxylation sites is 2. The van der Waals surface area contributed by atoms with Crippen LogP contribution in [0.2, 0.25) is 0 Å². The number of fused-ring (bicyclic) bond motifs is 2. The van der Waals surface area contributed by atoms with Gasteiger partial charge >= 0.3 is 0 Å². The molecule has 1 heterocycles. The van der Waals surface area contributed by atoms with Gasteiger partial charge in [-0.25, -0.2) is 4.39 Å². The van der Waals surface area contributed by atoms with Crippen LogP contribution in [-0.4, -0.2) is 21.9 Å². The van der Waals surface area contributed by atoms with E-state index in [2.05, 4.69) is 22.5 Å². The minimum atomic E-state index is -0.371. The number of carbonyl (C=O) groups is 1. The monoisotopic (exact) mass is 478 g/mol. The van der Waals surface area contributed by atoms with Crippen LogP contribution in [0.3, 0.4) is 0 Å². The highest BCUT2D eigenvalue weighted by atomic mass is 79.9. The Hall–Kier alpha value is -3.25. The van der Waals surface area contributed by atoms with Crippen molar-refractivity contribution < 1.29 is 9.18 Å². The number of aromatic nitrogens is 1. The fraction of sp³-hybridized carbons (Fsp3) is 0.120. The van der Waals surface area contributed by atoms with Crippen molar-refractivity contribution in [1.29, 1.82) is 0 Å². The van der Waals surface area contributed by atoms with Crippen molar-refractivity contribution in [2.45, 2.75) is 13.1 Å². The number of rotatable bonds is 6. The maximum absolute atomic E-state index is 14.3. The molecule has 3 aromatic carbocycles. The number of hydrogen-bond donors (Lipinski definition) is 0. The zero-order chi connectivity index (χ0) is 22.0. The summed E-state index contributed by atoms with van der Waals surface area (Å²) >= 11 is 3.35. The summed E-state index contributed by atoms with van der Waals surface area (Å²) in [5.74, 6) is -0.567. The van der Waals surface area contributed by atoms with Crippen molar-refractivity contribution in [3.8, 4) is 0 Å². The molecule has 4 nitrogen and oxygen atoms in total. The molecule has 156 valence electrons. The molecule has 1 amide bonds. The van der Waals surface area contributed by atoms with Gasteiger partial charge in [-0.1, -0.05) is 46.3 Å². The Bertz CT molecular complexity index is 1300. The molecule has 0 aliphatic carbocycles. The van der Waals surface area contributed by atoms with Gasteiger partial charge in [-0.15, -0.1) is 6.58 Å². The van der Waals surface area contributed by atoms with Crippen LogP contribution in [-0.2, 0) is 17.9 Å². The Morgan fingerprint density at radius 3 is 2.26 bits per heavy atom. The van der Waals surface area contributed by atoms with E-state index in [9.17, 15) is 14.0 Å². The molecule has 0 aliphatic rings. The molecule has 0 bridgehead atoms. The van der Waals surface area contributed by atoms with E-state index in [-0.39, 0.29) is 36.8 Å². The molecule has 0 saturated heterocycles. The molecule has 0 N–H and O–H groups in total. The number of hydrogen-bond acceptors (Lipinski definition) is 2. The highest BCUT2D eigenvalue weighted by Crippen LogP contribution is 2.21. The zero-order valence-corrected chi connectivity index (χ0v) is 18.3. The smallest absolute Gasteiger partial charge is 0.243 e. The molecule has 0 unspecified atom stereocenters. The van der Waals surface area contributed by atoms with Crippen LogP contribution in [0.4, 0.5) is 4.39 Å². The van der Waals surface area contributed by atoms with Crippen molar-refractivity contribution >= 4 is 43.6 Å². The second-order valence-corrected chi connectivity index (χ2v) is 8.16. The number of amides is 1. The van der Waals surface area contributed by atoms with Gasteiger partial charge in [0.2, 0.25) is 5.91 Å². The molecule has 0 fully saturated rings. The Balaban J connectivity index is 1.77. The van der Waals surface area contributed by atoms with E-state index in [1.807, 2.05) is 41.0 Å². The van der Waals surface area contributed by atoms with Gasteiger partial charge in [-0.3, -0.25) is 9.59 Å². The third-order valence-corrected chi connectivity index (χ3v) is 5.74. The highest BCUT2D eigenvalue weighted by Gasteiger charge is 2.18. The number of nitrogens with zero attached hydrogens (tertiary/aromatic N) is 2. The number of benzene rings is 3. The summed E-state index contributed by atoms with van der Waals surface area (Å²) < 4.78 is 16.9. The Labute approximate surface area is 187 Å². The minimum absolute atomic E-state index is 0.0186. The lowest BCUT2D eigenvalue weighted by Crippen LogP contribution is -2.34. The largest absolute Gasteiger partial charge is 0.333 e. The topological polar surface area (TPSA) is 42.3 Å². The molecule has 0 saturated carbocycles. The van der Waals surface area contributed by atoms with E-state index in [1.54, 1.807) is 35.2 Å². The molecule has 0 atom stereocenters. The molecule has 0 aliphatic heterocycles. The third-order valence-electron chi connectivity index (χ3n) is 5.24. The summed E-state index contributed by atoms with van der Waals surface area (Å²) in [6.45, 7) is 4.15.